The van der Waals surface area contributed by atoms with Gasteiger partial charge in [0.15, 0.2) is 5.69 Å². The summed E-state index contributed by atoms with van der Waals surface area (Å²) in [5.41, 5.74) is -0.296. The number of pyridine rings is 1. The Labute approximate surface area is 118 Å². The SMILES string of the molecule is N#Cc1cc(C(=O)c2ccccc2)nc2c1C(=O)OC2=O. The second-order valence-corrected chi connectivity index (χ2v) is 4.26. The van der Waals surface area contributed by atoms with E-state index < -0.39 is 17.7 Å². The van der Waals surface area contributed by atoms with Gasteiger partial charge in [0.1, 0.15) is 17.3 Å². The molecule has 1 aliphatic heterocycles. The van der Waals surface area contributed by atoms with E-state index in [-0.39, 0.29) is 22.5 Å². The fourth-order valence-electron chi connectivity index (χ4n) is 2.02. The van der Waals surface area contributed by atoms with Crippen LogP contribution in [-0.4, -0.2) is 22.7 Å². The van der Waals surface area contributed by atoms with E-state index in [2.05, 4.69) is 9.72 Å². The summed E-state index contributed by atoms with van der Waals surface area (Å²) in [4.78, 5) is 39.2. The predicted octanol–water partition coefficient (Wildman–Crippen LogP) is 1.49. The molecule has 2 heterocycles. The van der Waals surface area contributed by atoms with Crippen molar-refractivity contribution < 1.29 is 19.1 Å². The molecule has 0 N–H and O–H groups in total. The number of hydrogen-bond acceptors (Lipinski definition) is 6. The summed E-state index contributed by atoms with van der Waals surface area (Å²) in [6, 6.07) is 11.3. The Bertz CT molecular complexity index is 835. The van der Waals surface area contributed by atoms with Crippen molar-refractivity contribution in [3.8, 4) is 6.07 Å². The molecule has 0 spiro atoms. The van der Waals surface area contributed by atoms with Crippen molar-refractivity contribution in [1.29, 1.82) is 5.26 Å². The van der Waals surface area contributed by atoms with Crippen LogP contribution in [0, 0.1) is 11.3 Å². The van der Waals surface area contributed by atoms with E-state index in [4.69, 9.17) is 5.26 Å². The zero-order valence-corrected chi connectivity index (χ0v) is 10.5. The predicted molar refractivity (Wildman–Crippen MR) is 68.6 cm³/mol. The van der Waals surface area contributed by atoms with Crippen LogP contribution >= 0.6 is 0 Å². The number of carbonyl (C=O) groups excluding carboxylic acids is 3. The maximum atomic E-state index is 12.3. The minimum atomic E-state index is -0.950. The van der Waals surface area contributed by atoms with Crippen molar-refractivity contribution >= 4 is 17.7 Å². The number of aromatic nitrogens is 1. The number of esters is 2. The second-order valence-electron chi connectivity index (χ2n) is 4.26. The van der Waals surface area contributed by atoms with Crippen LogP contribution in [-0.2, 0) is 4.74 Å². The molecule has 0 saturated carbocycles. The van der Waals surface area contributed by atoms with Gasteiger partial charge in [0.05, 0.1) is 5.56 Å². The molecule has 0 fully saturated rings. The molecule has 0 saturated heterocycles. The maximum absolute atomic E-state index is 12.3. The number of carbonyl (C=O) groups is 3. The largest absolute Gasteiger partial charge is 0.384 e. The lowest BCUT2D eigenvalue weighted by molar-refractivity contribution is 0.0441. The van der Waals surface area contributed by atoms with Crippen molar-refractivity contribution in [3.63, 3.8) is 0 Å². The Kier molecular flexibility index (Phi) is 2.81. The van der Waals surface area contributed by atoms with E-state index in [0.717, 1.165) is 0 Å². The highest BCUT2D eigenvalue weighted by molar-refractivity contribution is 6.16. The molecule has 6 nitrogen and oxygen atoms in total. The summed E-state index contributed by atoms with van der Waals surface area (Å²) in [5.74, 6) is -2.31. The Hall–Kier alpha value is -3.33. The average molecular weight is 278 g/mol. The number of ketones is 1. The number of nitrogens with zero attached hydrogens (tertiary/aromatic N) is 2. The number of cyclic esters (lactones) is 2. The van der Waals surface area contributed by atoms with Crippen LogP contribution in [0.3, 0.4) is 0 Å². The van der Waals surface area contributed by atoms with Crippen molar-refractivity contribution in [3.05, 3.63) is 64.5 Å². The van der Waals surface area contributed by atoms with Crippen LogP contribution in [0.25, 0.3) is 0 Å². The Morgan fingerprint density at radius 3 is 2.52 bits per heavy atom. The van der Waals surface area contributed by atoms with E-state index in [1.807, 2.05) is 0 Å². The van der Waals surface area contributed by atoms with Gasteiger partial charge in [-0.25, -0.2) is 14.6 Å². The Morgan fingerprint density at radius 2 is 1.86 bits per heavy atom. The molecule has 1 aromatic heterocycles. The van der Waals surface area contributed by atoms with Gasteiger partial charge in [-0.3, -0.25) is 4.79 Å². The molecule has 1 aromatic carbocycles. The first-order valence-corrected chi connectivity index (χ1v) is 5.93. The van der Waals surface area contributed by atoms with Crippen molar-refractivity contribution in [2.24, 2.45) is 0 Å². The van der Waals surface area contributed by atoms with Gasteiger partial charge in [0.25, 0.3) is 0 Å². The van der Waals surface area contributed by atoms with E-state index in [9.17, 15) is 14.4 Å². The zero-order chi connectivity index (χ0) is 15.0. The molecule has 0 radical (unpaired) electrons. The van der Waals surface area contributed by atoms with Crippen molar-refractivity contribution in [2.45, 2.75) is 0 Å². The lowest BCUT2D eigenvalue weighted by atomic mass is 10.0. The van der Waals surface area contributed by atoms with Crippen molar-refractivity contribution in [1.82, 2.24) is 4.98 Å². The molecule has 0 unspecified atom stereocenters. The molecule has 0 bridgehead atoms. The van der Waals surface area contributed by atoms with Gasteiger partial charge >= 0.3 is 11.9 Å². The minimum Gasteiger partial charge on any atom is -0.384 e. The minimum absolute atomic E-state index is 0.0804. The molecule has 3 rings (SSSR count). The van der Waals surface area contributed by atoms with Crippen LogP contribution in [0.5, 0.6) is 0 Å². The van der Waals surface area contributed by atoms with Crippen LogP contribution in [0.15, 0.2) is 36.4 Å². The molecule has 0 atom stereocenters. The van der Waals surface area contributed by atoms with Gasteiger partial charge in [0, 0.05) is 5.56 Å². The van der Waals surface area contributed by atoms with Gasteiger partial charge in [-0.1, -0.05) is 30.3 Å². The Morgan fingerprint density at radius 1 is 1.14 bits per heavy atom. The number of benzene rings is 1. The second kappa shape index (κ2) is 4.65. The number of rotatable bonds is 2. The van der Waals surface area contributed by atoms with E-state index in [0.29, 0.717) is 5.56 Å². The monoisotopic (exact) mass is 278 g/mol. The lowest BCUT2D eigenvalue weighted by Crippen LogP contribution is -2.09. The lowest BCUT2D eigenvalue weighted by Gasteiger charge is -2.02. The molecular formula is C15H6N2O4. The third kappa shape index (κ3) is 1.97. The van der Waals surface area contributed by atoms with E-state index in [1.165, 1.54) is 6.07 Å². The quantitative estimate of drug-likeness (QED) is 0.469. The molecule has 1 aliphatic rings. The van der Waals surface area contributed by atoms with E-state index >= 15 is 0 Å². The third-order valence-corrected chi connectivity index (χ3v) is 2.99. The highest BCUT2D eigenvalue weighted by Crippen LogP contribution is 2.23. The summed E-state index contributed by atoms with van der Waals surface area (Å²) in [6.45, 7) is 0. The van der Waals surface area contributed by atoms with Crippen LogP contribution in [0.2, 0.25) is 0 Å². The first-order valence-electron chi connectivity index (χ1n) is 5.93. The standard InChI is InChI=1S/C15H6N2O4/c16-7-9-6-10(13(18)8-4-2-1-3-5-8)17-12-11(9)14(19)21-15(12)20/h1-6H. The summed E-state index contributed by atoms with van der Waals surface area (Å²) in [6.07, 6.45) is 0. The van der Waals surface area contributed by atoms with Crippen LogP contribution < -0.4 is 0 Å². The topological polar surface area (TPSA) is 97.1 Å². The average Bonchev–Trinajstić information content (AvgIpc) is 2.81. The fourth-order valence-corrected chi connectivity index (χ4v) is 2.02. The molecule has 100 valence electrons. The normalized spacial score (nSPS) is 12.5. The smallest absolute Gasteiger partial charge is 0.365 e. The molecule has 6 heteroatoms. The van der Waals surface area contributed by atoms with Crippen LogP contribution in [0.4, 0.5) is 0 Å². The van der Waals surface area contributed by atoms with Gasteiger partial charge in [-0.05, 0) is 6.07 Å². The van der Waals surface area contributed by atoms with Crippen molar-refractivity contribution in [2.75, 3.05) is 0 Å². The number of fused-ring (bicyclic) bond motifs is 1. The third-order valence-electron chi connectivity index (χ3n) is 2.99. The van der Waals surface area contributed by atoms with Gasteiger partial charge in [-0.2, -0.15) is 5.26 Å². The van der Waals surface area contributed by atoms with Gasteiger partial charge < -0.3 is 4.74 Å². The summed E-state index contributed by atoms with van der Waals surface area (Å²) >= 11 is 0. The fraction of sp³-hybridized carbons (Fsp3) is 0. The molecule has 0 amide bonds. The zero-order valence-electron chi connectivity index (χ0n) is 10.5. The highest BCUT2D eigenvalue weighted by atomic mass is 16.6. The Balaban J connectivity index is 2.17. The molecule has 21 heavy (non-hydrogen) atoms. The highest BCUT2D eigenvalue weighted by Gasteiger charge is 2.35. The maximum Gasteiger partial charge on any atom is 0.365 e. The number of nitriles is 1. The molecule has 0 aliphatic carbocycles. The summed E-state index contributed by atoms with van der Waals surface area (Å²) in [7, 11) is 0. The summed E-state index contributed by atoms with van der Waals surface area (Å²) < 4.78 is 4.41. The van der Waals surface area contributed by atoms with Gasteiger partial charge in [-0.15, -0.1) is 0 Å². The van der Waals surface area contributed by atoms with Crippen LogP contribution in [0.1, 0.15) is 42.5 Å². The summed E-state index contributed by atoms with van der Waals surface area (Å²) in [5, 5.41) is 9.07. The molecular weight excluding hydrogens is 272 g/mol. The number of ether oxygens (including phenoxy) is 1. The first-order chi connectivity index (χ1) is 10.1. The number of hydrogen-bond donors (Lipinski definition) is 0. The molecule has 2 aromatic rings. The van der Waals surface area contributed by atoms with Gasteiger partial charge in [0.2, 0.25) is 5.78 Å². The van der Waals surface area contributed by atoms with E-state index in [1.54, 1.807) is 36.4 Å². The first kappa shape index (κ1) is 12.7.